The lowest BCUT2D eigenvalue weighted by Gasteiger charge is -2.28. The van der Waals surface area contributed by atoms with Crippen molar-refractivity contribution in [1.29, 1.82) is 5.41 Å². The molecule has 0 bridgehead atoms. The van der Waals surface area contributed by atoms with E-state index in [9.17, 15) is 9.59 Å². The number of nitrogens with zero attached hydrogens (tertiary/aromatic N) is 4. The van der Waals surface area contributed by atoms with Crippen LogP contribution in [0.5, 0.6) is 0 Å². The molecular formula is C18H18N8O2S. The van der Waals surface area contributed by atoms with Crippen molar-refractivity contribution in [2.24, 2.45) is 12.8 Å². The zero-order chi connectivity index (χ0) is 20.7. The molecule has 1 aliphatic rings. The van der Waals surface area contributed by atoms with Crippen LogP contribution in [0.4, 0.5) is 5.82 Å². The average Bonchev–Trinajstić information content (AvgIpc) is 3.23. The van der Waals surface area contributed by atoms with Crippen molar-refractivity contribution < 1.29 is 9.59 Å². The average molecular weight is 410 g/mol. The zero-order valence-corrected chi connectivity index (χ0v) is 16.3. The second-order valence-electron chi connectivity index (χ2n) is 6.46. The maximum atomic E-state index is 13.0. The molecule has 4 heterocycles. The second kappa shape index (κ2) is 7.11. The van der Waals surface area contributed by atoms with E-state index in [4.69, 9.17) is 16.9 Å². The SMILES string of the molecule is Cn1c2c(c3sc(C(=O)C(N)=CC=N)nc31)CNN(Cc1cccc(N)n1)C2=O. The van der Waals surface area contributed by atoms with Crippen LogP contribution in [0.15, 0.2) is 30.0 Å². The van der Waals surface area contributed by atoms with E-state index in [1.54, 1.807) is 29.8 Å². The predicted octanol–water partition coefficient (Wildman–Crippen LogP) is 0.947. The molecule has 0 aliphatic carbocycles. The molecule has 0 radical (unpaired) electrons. The molecule has 1 amide bonds. The maximum Gasteiger partial charge on any atom is 0.285 e. The number of fused-ring (bicyclic) bond motifs is 3. The predicted molar refractivity (Wildman–Crippen MR) is 109 cm³/mol. The van der Waals surface area contributed by atoms with E-state index < -0.39 is 5.78 Å². The Morgan fingerprint density at radius 3 is 2.93 bits per heavy atom. The molecule has 0 spiro atoms. The largest absolute Gasteiger partial charge is 0.395 e. The normalized spacial score (nSPS) is 14.3. The number of allylic oxidation sites excluding steroid dienone is 2. The maximum absolute atomic E-state index is 13.0. The van der Waals surface area contributed by atoms with Gasteiger partial charge in [0.05, 0.1) is 22.6 Å². The first-order valence-corrected chi connectivity index (χ1v) is 9.48. The Morgan fingerprint density at radius 1 is 1.41 bits per heavy atom. The van der Waals surface area contributed by atoms with Gasteiger partial charge in [0.2, 0.25) is 5.78 Å². The van der Waals surface area contributed by atoms with Crippen LogP contribution in [0.25, 0.3) is 10.3 Å². The van der Waals surface area contributed by atoms with Gasteiger partial charge >= 0.3 is 0 Å². The highest BCUT2D eigenvalue weighted by Gasteiger charge is 2.32. The number of amides is 1. The summed E-state index contributed by atoms with van der Waals surface area (Å²) in [6, 6.07) is 5.28. The molecule has 0 atom stereocenters. The van der Waals surface area contributed by atoms with Gasteiger partial charge in [-0.2, -0.15) is 0 Å². The number of pyridine rings is 1. The number of Topliss-reactive ketones (excluding diaryl/α,β-unsaturated/α-hetero) is 1. The van der Waals surface area contributed by atoms with Crippen LogP contribution in [-0.2, 0) is 20.1 Å². The Kier molecular flexibility index (Phi) is 4.60. The minimum atomic E-state index is -0.437. The number of nitrogens with two attached hydrogens (primary N) is 2. The number of nitrogens with one attached hydrogen (secondary N) is 2. The fourth-order valence-corrected chi connectivity index (χ4v) is 4.33. The van der Waals surface area contributed by atoms with E-state index in [2.05, 4.69) is 15.4 Å². The van der Waals surface area contributed by atoms with Crippen molar-refractivity contribution in [3.63, 3.8) is 0 Å². The number of hydrogen-bond acceptors (Lipinski definition) is 9. The fraction of sp³-hybridized carbons (Fsp3) is 0.167. The lowest BCUT2D eigenvalue weighted by atomic mass is 10.2. The molecule has 4 rings (SSSR count). The van der Waals surface area contributed by atoms with Gasteiger partial charge in [-0.15, -0.1) is 11.3 Å². The number of rotatable bonds is 5. The van der Waals surface area contributed by atoms with Crippen LogP contribution >= 0.6 is 11.3 Å². The van der Waals surface area contributed by atoms with Crippen molar-refractivity contribution in [2.75, 3.05) is 5.73 Å². The summed E-state index contributed by atoms with van der Waals surface area (Å²) >= 11 is 1.19. The third-order valence-electron chi connectivity index (χ3n) is 4.58. The number of anilines is 1. The van der Waals surface area contributed by atoms with Crippen molar-refractivity contribution in [3.8, 4) is 0 Å². The summed E-state index contributed by atoms with van der Waals surface area (Å²) in [5.41, 5.74) is 17.0. The molecule has 6 N–H and O–H groups in total. The highest BCUT2D eigenvalue weighted by Crippen LogP contribution is 2.33. The standard InChI is InChI=1S/C18H18N8O2S/c1-25-13-10(15-16(25)24-17(29-15)14(27)11(20)5-6-19)7-22-26(18(13)28)8-9-3-2-4-12(21)23-9/h2-6,19,22H,7-8,20H2,1H3,(H2,21,23). The van der Waals surface area contributed by atoms with Gasteiger partial charge in [0.15, 0.2) is 10.7 Å². The molecule has 3 aromatic rings. The van der Waals surface area contributed by atoms with Crippen LogP contribution < -0.4 is 16.9 Å². The fourth-order valence-electron chi connectivity index (χ4n) is 3.22. The zero-order valence-electron chi connectivity index (χ0n) is 15.5. The number of ketones is 1. The highest BCUT2D eigenvalue weighted by atomic mass is 32.1. The summed E-state index contributed by atoms with van der Waals surface area (Å²) in [5.74, 6) is -0.253. The first-order chi connectivity index (χ1) is 13.9. The Bertz CT molecular complexity index is 1190. The van der Waals surface area contributed by atoms with Crippen LogP contribution in [-0.4, -0.2) is 37.4 Å². The molecule has 148 valence electrons. The highest BCUT2D eigenvalue weighted by molar-refractivity contribution is 7.20. The van der Waals surface area contributed by atoms with Gasteiger partial charge in [-0.25, -0.2) is 15.4 Å². The number of aryl methyl sites for hydroxylation is 1. The first-order valence-electron chi connectivity index (χ1n) is 8.66. The molecule has 1 aliphatic heterocycles. The molecule has 3 aromatic heterocycles. The van der Waals surface area contributed by atoms with E-state index in [1.165, 1.54) is 22.4 Å². The van der Waals surface area contributed by atoms with E-state index in [0.717, 1.165) is 16.5 Å². The molecule has 0 aromatic carbocycles. The third-order valence-corrected chi connectivity index (χ3v) is 5.69. The number of carbonyl (C=O) groups excluding carboxylic acids is 2. The van der Waals surface area contributed by atoms with Crippen molar-refractivity contribution in [2.45, 2.75) is 13.1 Å². The van der Waals surface area contributed by atoms with Crippen LogP contribution in [0, 0.1) is 5.41 Å². The van der Waals surface area contributed by atoms with Gasteiger partial charge in [-0.1, -0.05) is 6.07 Å². The van der Waals surface area contributed by atoms with Gasteiger partial charge in [-0.3, -0.25) is 14.6 Å². The number of hydrazine groups is 1. The summed E-state index contributed by atoms with van der Waals surface area (Å²) in [7, 11) is 1.74. The quantitative estimate of drug-likeness (QED) is 0.277. The second-order valence-corrected chi connectivity index (χ2v) is 7.45. The minimum absolute atomic E-state index is 0.0528. The molecule has 0 saturated heterocycles. The van der Waals surface area contributed by atoms with Crippen LogP contribution in [0.3, 0.4) is 0 Å². The number of thiazole rings is 1. The van der Waals surface area contributed by atoms with E-state index in [1.807, 2.05) is 0 Å². The monoisotopic (exact) mass is 410 g/mol. The molecule has 29 heavy (non-hydrogen) atoms. The minimum Gasteiger partial charge on any atom is -0.395 e. The Hall–Kier alpha value is -3.57. The van der Waals surface area contributed by atoms with E-state index >= 15 is 0 Å². The summed E-state index contributed by atoms with van der Waals surface area (Å²) < 4.78 is 2.45. The third kappa shape index (κ3) is 3.15. The lowest BCUT2D eigenvalue weighted by molar-refractivity contribution is 0.0590. The van der Waals surface area contributed by atoms with Gasteiger partial charge in [0.25, 0.3) is 5.91 Å². The molecule has 11 heteroatoms. The van der Waals surface area contributed by atoms with Gasteiger partial charge in [-0.05, 0) is 18.2 Å². The van der Waals surface area contributed by atoms with E-state index in [-0.39, 0.29) is 23.2 Å². The summed E-state index contributed by atoms with van der Waals surface area (Å²) in [6.45, 7) is 0.673. The Labute approximate surface area is 169 Å². The van der Waals surface area contributed by atoms with Gasteiger partial charge < -0.3 is 21.4 Å². The smallest absolute Gasteiger partial charge is 0.285 e. The summed E-state index contributed by atoms with van der Waals surface area (Å²) in [5, 5.41) is 8.76. The number of hydrogen-bond donors (Lipinski definition) is 4. The molecule has 0 unspecified atom stereocenters. The number of carbonyl (C=O) groups is 2. The Balaban J connectivity index is 1.67. The molecule has 10 nitrogen and oxygen atoms in total. The summed E-state index contributed by atoms with van der Waals surface area (Å²) in [4.78, 5) is 34.0. The van der Waals surface area contributed by atoms with Crippen LogP contribution in [0.1, 0.15) is 31.5 Å². The van der Waals surface area contributed by atoms with Crippen molar-refractivity contribution in [3.05, 3.63) is 51.9 Å². The molecular weight excluding hydrogens is 392 g/mol. The molecule has 0 saturated carbocycles. The van der Waals surface area contributed by atoms with Gasteiger partial charge in [0, 0.05) is 25.4 Å². The molecule has 0 fully saturated rings. The first kappa shape index (κ1) is 18.8. The van der Waals surface area contributed by atoms with Crippen LogP contribution in [0.2, 0.25) is 0 Å². The van der Waals surface area contributed by atoms with Gasteiger partial charge in [0.1, 0.15) is 11.5 Å². The Morgan fingerprint density at radius 2 is 2.21 bits per heavy atom. The summed E-state index contributed by atoms with van der Waals surface area (Å²) in [6.07, 6.45) is 2.17. The topological polar surface area (TPSA) is 156 Å². The number of aromatic nitrogens is 3. The van der Waals surface area contributed by atoms with E-state index in [0.29, 0.717) is 29.4 Å². The lowest BCUT2D eigenvalue weighted by Crippen LogP contribution is -2.46. The number of nitrogen functional groups attached to an aromatic ring is 1. The van der Waals surface area contributed by atoms with Crippen molar-refractivity contribution in [1.82, 2.24) is 25.0 Å². The van der Waals surface area contributed by atoms with Crippen molar-refractivity contribution >= 4 is 45.4 Å².